The summed E-state index contributed by atoms with van der Waals surface area (Å²) < 4.78 is 0. The van der Waals surface area contributed by atoms with Crippen molar-refractivity contribution in [3.05, 3.63) is 63.2 Å². The molecule has 1 fully saturated rings. The first-order chi connectivity index (χ1) is 12.5. The molecular formula is C18H19Cl2N3O3S. The largest absolute Gasteiger partial charge is 0.348 e. The number of halogens is 2. The van der Waals surface area contributed by atoms with E-state index in [1.54, 1.807) is 18.2 Å². The molecule has 1 amide bonds. The van der Waals surface area contributed by atoms with Gasteiger partial charge in [0.2, 0.25) is 0 Å². The van der Waals surface area contributed by atoms with Crippen molar-refractivity contribution in [3.63, 3.8) is 0 Å². The molecule has 0 radical (unpaired) electrons. The van der Waals surface area contributed by atoms with Gasteiger partial charge < -0.3 is 10.6 Å². The lowest BCUT2D eigenvalue weighted by molar-refractivity contribution is -0.384. The van der Waals surface area contributed by atoms with Gasteiger partial charge in [-0.05, 0) is 49.7 Å². The van der Waals surface area contributed by atoms with E-state index in [0.717, 1.165) is 24.3 Å². The number of rotatable bonds is 5. The summed E-state index contributed by atoms with van der Waals surface area (Å²) in [6.45, 7) is 1.65. The van der Waals surface area contributed by atoms with Gasteiger partial charge in [0.25, 0.3) is 11.6 Å². The molecular weight excluding hydrogens is 409 g/mol. The Morgan fingerprint density at radius 1 is 1.26 bits per heavy atom. The Bertz CT molecular complexity index is 812. The molecule has 0 aromatic heterocycles. The summed E-state index contributed by atoms with van der Waals surface area (Å²) in [6, 6.07) is 11.6. The molecule has 0 aliphatic carbocycles. The Kier molecular flexibility index (Phi) is 7.91. The molecule has 1 heterocycles. The maximum absolute atomic E-state index is 12.8. The molecule has 0 unspecified atom stereocenters. The van der Waals surface area contributed by atoms with Crippen LogP contribution in [0.25, 0.3) is 0 Å². The number of nitro groups is 1. The molecule has 2 aromatic rings. The molecule has 6 nitrogen and oxygen atoms in total. The van der Waals surface area contributed by atoms with Gasteiger partial charge in [0.15, 0.2) is 0 Å². The molecule has 1 aliphatic heterocycles. The van der Waals surface area contributed by atoms with E-state index in [2.05, 4.69) is 10.6 Å². The first-order valence-corrected chi connectivity index (χ1v) is 9.46. The summed E-state index contributed by atoms with van der Waals surface area (Å²) in [5.41, 5.74) is 0.210. The quantitative estimate of drug-likeness (QED) is 0.548. The number of nitrogens with zero attached hydrogens (tertiary/aromatic N) is 1. The average Bonchev–Trinajstić information content (AvgIpc) is 2.64. The van der Waals surface area contributed by atoms with Crippen LogP contribution in [0.1, 0.15) is 23.2 Å². The maximum Gasteiger partial charge on any atom is 0.270 e. The first kappa shape index (κ1) is 21.5. The normalized spacial score (nSPS) is 16.3. The van der Waals surface area contributed by atoms with E-state index in [1.807, 2.05) is 12.1 Å². The molecule has 0 spiro atoms. The number of amides is 1. The molecule has 2 aromatic carbocycles. The lowest BCUT2D eigenvalue weighted by Gasteiger charge is -2.24. The molecule has 2 N–H and O–H groups in total. The number of nitrogens with one attached hydrogen (secondary N) is 2. The van der Waals surface area contributed by atoms with Crippen LogP contribution in [0, 0.1) is 10.1 Å². The standard InChI is InChI=1S/C18H18ClN3O3S.ClH/c19-12-3-6-15(7-4-12)26-17-8-5-14(22(24)25)10-16(17)18(23)21-13-2-1-9-20-11-13;/h3-8,10,13,20H,1-2,9,11H2,(H,21,23);1H/t13-;/m0./s1. The van der Waals surface area contributed by atoms with Crippen LogP contribution in [0.4, 0.5) is 5.69 Å². The third-order valence-corrected chi connectivity index (χ3v) is 5.43. The minimum absolute atomic E-state index is 0. The second-order valence-electron chi connectivity index (χ2n) is 6.01. The van der Waals surface area contributed by atoms with Crippen LogP contribution in [0.15, 0.2) is 52.3 Å². The zero-order valence-electron chi connectivity index (χ0n) is 14.3. The molecule has 27 heavy (non-hydrogen) atoms. The molecule has 0 saturated carbocycles. The van der Waals surface area contributed by atoms with E-state index < -0.39 is 4.92 Å². The summed E-state index contributed by atoms with van der Waals surface area (Å²) in [5.74, 6) is -0.293. The SMILES string of the molecule is Cl.O=C(N[C@H]1CCCNC1)c1cc([N+](=O)[O-])ccc1Sc1ccc(Cl)cc1. The van der Waals surface area contributed by atoms with Gasteiger partial charge in [-0.1, -0.05) is 23.4 Å². The highest BCUT2D eigenvalue weighted by atomic mass is 35.5. The molecule has 1 saturated heterocycles. The molecule has 1 aliphatic rings. The Balaban J connectivity index is 0.00000261. The van der Waals surface area contributed by atoms with Crippen LogP contribution >= 0.6 is 35.8 Å². The van der Waals surface area contributed by atoms with Gasteiger partial charge in [-0.2, -0.15) is 0 Å². The van der Waals surface area contributed by atoms with Crippen molar-refractivity contribution in [2.24, 2.45) is 0 Å². The summed E-state index contributed by atoms with van der Waals surface area (Å²) >= 11 is 7.28. The van der Waals surface area contributed by atoms with Crippen molar-refractivity contribution >= 4 is 47.4 Å². The zero-order valence-corrected chi connectivity index (χ0v) is 16.7. The van der Waals surface area contributed by atoms with Crippen LogP contribution in [-0.2, 0) is 0 Å². The molecule has 0 bridgehead atoms. The minimum Gasteiger partial charge on any atom is -0.348 e. The topological polar surface area (TPSA) is 84.3 Å². The summed E-state index contributed by atoms with van der Waals surface area (Å²) in [4.78, 5) is 24.9. The minimum atomic E-state index is -0.490. The van der Waals surface area contributed by atoms with Gasteiger partial charge in [0.1, 0.15) is 0 Å². The van der Waals surface area contributed by atoms with Crippen LogP contribution in [0.5, 0.6) is 0 Å². The lowest BCUT2D eigenvalue weighted by Crippen LogP contribution is -2.45. The Morgan fingerprint density at radius 2 is 2.00 bits per heavy atom. The number of hydrogen-bond donors (Lipinski definition) is 2. The van der Waals surface area contributed by atoms with Crippen LogP contribution in [0.2, 0.25) is 5.02 Å². The van der Waals surface area contributed by atoms with Crippen LogP contribution < -0.4 is 10.6 Å². The van der Waals surface area contributed by atoms with Gasteiger partial charge in [0.05, 0.1) is 10.5 Å². The average molecular weight is 428 g/mol. The van der Waals surface area contributed by atoms with Crippen molar-refractivity contribution in [3.8, 4) is 0 Å². The predicted octanol–water partition coefficient (Wildman–Crippen LogP) is 4.30. The van der Waals surface area contributed by atoms with E-state index in [0.29, 0.717) is 22.0 Å². The Labute approximate surface area is 172 Å². The number of carbonyl (C=O) groups is 1. The summed E-state index contributed by atoms with van der Waals surface area (Å²) in [7, 11) is 0. The number of non-ortho nitro benzene ring substituents is 1. The number of benzene rings is 2. The smallest absolute Gasteiger partial charge is 0.270 e. The van der Waals surface area contributed by atoms with Gasteiger partial charge in [-0.15, -0.1) is 12.4 Å². The number of nitro benzene ring substituents is 1. The highest BCUT2D eigenvalue weighted by Gasteiger charge is 2.21. The lowest BCUT2D eigenvalue weighted by atomic mass is 10.1. The molecule has 144 valence electrons. The van der Waals surface area contributed by atoms with E-state index >= 15 is 0 Å². The molecule has 3 rings (SSSR count). The second kappa shape index (κ2) is 9.94. The highest BCUT2D eigenvalue weighted by molar-refractivity contribution is 7.99. The van der Waals surface area contributed by atoms with E-state index in [9.17, 15) is 14.9 Å². The number of hydrogen-bond acceptors (Lipinski definition) is 5. The van der Waals surface area contributed by atoms with E-state index in [-0.39, 0.29) is 30.0 Å². The van der Waals surface area contributed by atoms with Gasteiger partial charge in [-0.3, -0.25) is 14.9 Å². The van der Waals surface area contributed by atoms with Crippen LogP contribution in [-0.4, -0.2) is 30.0 Å². The molecule has 1 atom stereocenters. The highest BCUT2D eigenvalue weighted by Crippen LogP contribution is 2.33. The maximum atomic E-state index is 12.8. The van der Waals surface area contributed by atoms with E-state index in [1.165, 1.54) is 23.9 Å². The monoisotopic (exact) mass is 427 g/mol. The Morgan fingerprint density at radius 3 is 2.63 bits per heavy atom. The third-order valence-electron chi connectivity index (χ3n) is 4.09. The van der Waals surface area contributed by atoms with E-state index in [4.69, 9.17) is 11.6 Å². The van der Waals surface area contributed by atoms with Crippen LogP contribution in [0.3, 0.4) is 0 Å². The van der Waals surface area contributed by atoms with Crippen molar-refractivity contribution in [2.75, 3.05) is 13.1 Å². The second-order valence-corrected chi connectivity index (χ2v) is 7.56. The fraction of sp³-hybridized carbons (Fsp3) is 0.278. The third kappa shape index (κ3) is 5.84. The van der Waals surface area contributed by atoms with Gasteiger partial charge in [0, 0.05) is 39.5 Å². The fourth-order valence-electron chi connectivity index (χ4n) is 2.77. The van der Waals surface area contributed by atoms with Gasteiger partial charge in [-0.25, -0.2) is 0 Å². The fourth-order valence-corrected chi connectivity index (χ4v) is 3.82. The van der Waals surface area contributed by atoms with Gasteiger partial charge >= 0.3 is 0 Å². The Hall–Kier alpha value is -1.80. The zero-order chi connectivity index (χ0) is 18.5. The number of piperidine rings is 1. The van der Waals surface area contributed by atoms with Crippen molar-refractivity contribution in [1.29, 1.82) is 0 Å². The van der Waals surface area contributed by atoms with Crippen molar-refractivity contribution in [1.82, 2.24) is 10.6 Å². The summed E-state index contributed by atoms with van der Waals surface area (Å²) in [5, 5.41) is 18.0. The predicted molar refractivity (Wildman–Crippen MR) is 109 cm³/mol. The number of carbonyl (C=O) groups excluding carboxylic acids is 1. The summed E-state index contributed by atoms with van der Waals surface area (Å²) in [6.07, 6.45) is 1.89. The first-order valence-electron chi connectivity index (χ1n) is 8.26. The molecule has 9 heteroatoms. The van der Waals surface area contributed by atoms with Crippen molar-refractivity contribution < 1.29 is 9.72 Å². The van der Waals surface area contributed by atoms with Crippen molar-refractivity contribution in [2.45, 2.75) is 28.7 Å².